The number of nitrogens with zero attached hydrogens (tertiary/aromatic N) is 1. The topological polar surface area (TPSA) is 85.4 Å². The summed E-state index contributed by atoms with van der Waals surface area (Å²) in [6.07, 6.45) is 3.62. The summed E-state index contributed by atoms with van der Waals surface area (Å²) in [5.41, 5.74) is 6.38. The molecule has 1 aromatic heterocycles. The summed E-state index contributed by atoms with van der Waals surface area (Å²) in [6, 6.07) is 7.22. The Hall–Kier alpha value is -2.89. The fourth-order valence-electron chi connectivity index (χ4n) is 1.44. The van der Waals surface area contributed by atoms with Gasteiger partial charge in [0.2, 0.25) is 5.88 Å². The zero-order valence-corrected chi connectivity index (χ0v) is 10.3. The molecule has 0 saturated heterocycles. The number of carboxylic acids is 1. The van der Waals surface area contributed by atoms with Crippen LogP contribution in [0, 0.1) is 5.82 Å². The van der Waals surface area contributed by atoms with Crippen molar-refractivity contribution < 1.29 is 19.0 Å². The smallest absolute Gasteiger partial charge is 0.328 e. The van der Waals surface area contributed by atoms with Gasteiger partial charge < -0.3 is 15.6 Å². The van der Waals surface area contributed by atoms with E-state index in [1.54, 1.807) is 6.07 Å². The normalized spacial score (nSPS) is 10.7. The van der Waals surface area contributed by atoms with E-state index in [1.165, 1.54) is 36.5 Å². The van der Waals surface area contributed by atoms with Gasteiger partial charge in [0.1, 0.15) is 0 Å². The molecule has 3 N–H and O–H groups in total. The molecule has 0 aliphatic carbocycles. The fraction of sp³-hybridized carbons (Fsp3) is 0. The Morgan fingerprint density at radius 2 is 2.15 bits per heavy atom. The summed E-state index contributed by atoms with van der Waals surface area (Å²) in [5.74, 6) is -1.50. The van der Waals surface area contributed by atoms with Crippen LogP contribution in [0.5, 0.6) is 11.6 Å². The minimum absolute atomic E-state index is 0.00486. The molecular weight excluding hydrogens is 263 g/mol. The minimum Gasteiger partial charge on any atom is -0.478 e. The number of rotatable bonds is 4. The monoisotopic (exact) mass is 274 g/mol. The Morgan fingerprint density at radius 3 is 2.75 bits per heavy atom. The van der Waals surface area contributed by atoms with Crippen LogP contribution in [0.4, 0.5) is 10.1 Å². The summed E-state index contributed by atoms with van der Waals surface area (Å²) >= 11 is 0. The van der Waals surface area contributed by atoms with Gasteiger partial charge in [0, 0.05) is 12.1 Å². The van der Waals surface area contributed by atoms with Gasteiger partial charge in [-0.1, -0.05) is 6.07 Å². The molecule has 0 radical (unpaired) electrons. The van der Waals surface area contributed by atoms with Crippen LogP contribution in [-0.4, -0.2) is 16.1 Å². The van der Waals surface area contributed by atoms with Crippen LogP contribution < -0.4 is 10.5 Å². The van der Waals surface area contributed by atoms with Gasteiger partial charge in [-0.15, -0.1) is 0 Å². The van der Waals surface area contributed by atoms with Crippen LogP contribution in [-0.2, 0) is 4.79 Å². The number of pyridine rings is 1. The Morgan fingerprint density at radius 1 is 1.35 bits per heavy atom. The first-order valence-electron chi connectivity index (χ1n) is 5.64. The summed E-state index contributed by atoms with van der Waals surface area (Å²) < 4.78 is 19.0. The van der Waals surface area contributed by atoms with Gasteiger partial charge in [-0.05, 0) is 29.8 Å². The molecule has 0 aliphatic rings. The molecule has 0 atom stereocenters. The van der Waals surface area contributed by atoms with Gasteiger partial charge >= 0.3 is 5.97 Å². The largest absolute Gasteiger partial charge is 0.478 e. The number of hydrogen-bond donors (Lipinski definition) is 2. The third-order valence-electron chi connectivity index (χ3n) is 2.35. The van der Waals surface area contributed by atoms with Crippen molar-refractivity contribution in [3.8, 4) is 11.6 Å². The number of aliphatic carboxylic acids is 1. The van der Waals surface area contributed by atoms with E-state index in [-0.39, 0.29) is 11.6 Å². The number of benzene rings is 1. The van der Waals surface area contributed by atoms with E-state index < -0.39 is 11.8 Å². The third-order valence-corrected chi connectivity index (χ3v) is 2.35. The summed E-state index contributed by atoms with van der Waals surface area (Å²) in [6.45, 7) is 0. The van der Waals surface area contributed by atoms with E-state index in [0.29, 0.717) is 11.3 Å². The molecule has 0 saturated carbocycles. The molecule has 0 spiro atoms. The molecule has 6 heteroatoms. The van der Waals surface area contributed by atoms with Crippen LogP contribution in [0.2, 0.25) is 0 Å². The van der Waals surface area contributed by atoms with Crippen molar-refractivity contribution in [3.63, 3.8) is 0 Å². The molecule has 1 heterocycles. The average molecular weight is 274 g/mol. The molecule has 0 amide bonds. The first kappa shape index (κ1) is 13.5. The first-order chi connectivity index (χ1) is 9.54. The molecule has 2 aromatic rings. The number of carboxylic acid groups (broad SMARTS) is 1. The molecule has 102 valence electrons. The number of aromatic nitrogens is 1. The van der Waals surface area contributed by atoms with Crippen molar-refractivity contribution in [2.75, 3.05) is 5.73 Å². The van der Waals surface area contributed by atoms with E-state index >= 15 is 0 Å². The maximum atomic E-state index is 13.8. The Bertz CT molecular complexity index is 654. The zero-order valence-electron chi connectivity index (χ0n) is 10.3. The predicted octanol–water partition coefficient (Wildman–Crippen LogP) is 2.69. The van der Waals surface area contributed by atoms with Crippen molar-refractivity contribution >= 4 is 17.7 Å². The standard InChI is InChI=1S/C14H11FN2O3/c15-11-7-9(2-6-14(18)19)1-4-12(11)20-13-5-3-10(16)8-17-13/h1-8H,16H2,(H,18,19)/b6-2+. The molecule has 0 fully saturated rings. The van der Waals surface area contributed by atoms with Crippen LogP contribution in [0.25, 0.3) is 6.08 Å². The fourth-order valence-corrected chi connectivity index (χ4v) is 1.44. The van der Waals surface area contributed by atoms with Gasteiger partial charge in [0.25, 0.3) is 0 Å². The summed E-state index contributed by atoms with van der Waals surface area (Å²) in [7, 11) is 0. The number of nitrogens with two attached hydrogens (primary N) is 1. The van der Waals surface area contributed by atoms with Crippen molar-refractivity contribution in [1.82, 2.24) is 4.98 Å². The quantitative estimate of drug-likeness (QED) is 0.837. The first-order valence-corrected chi connectivity index (χ1v) is 5.64. The highest BCUT2D eigenvalue weighted by Crippen LogP contribution is 2.24. The SMILES string of the molecule is Nc1ccc(Oc2ccc(/C=C/C(=O)O)cc2F)nc1. The van der Waals surface area contributed by atoms with E-state index in [1.807, 2.05) is 0 Å². The lowest BCUT2D eigenvalue weighted by atomic mass is 10.2. The molecule has 20 heavy (non-hydrogen) atoms. The molecule has 0 aliphatic heterocycles. The molecule has 0 bridgehead atoms. The van der Waals surface area contributed by atoms with Gasteiger partial charge in [-0.25, -0.2) is 14.2 Å². The van der Waals surface area contributed by atoms with Crippen LogP contribution in [0.15, 0.2) is 42.6 Å². The van der Waals surface area contributed by atoms with Crippen molar-refractivity contribution in [1.29, 1.82) is 0 Å². The lowest BCUT2D eigenvalue weighted by Crippen LogP contribution is -1.93. The van der Waals surface area contributed by atoms with Gasteiger partial charge in [0.05, 0.1) is 11.9 Å². The molecule has 1 aromatic carbocycles. The van der Waals surface area contributed by atoms with Gasteiger partial charge in [0.15, 0.2) is 11.6 Å². The molecule has 5 nitrogen and oxygen atoms in total. The Kier molecular flexibility index (Phi) is 3.95. The van der Waals surface area contributed by atoms with Crippen molar-refractivity contribution in [2.24, 2.45) is 0 Å². The highest BCUT2D eigenvalue weighted by atomic mass is 19.1. The molecular formula is C14H11FN2O3. The number of halogens is 1. The predicted molar refractivity (Wildman–Crippen MR) is 71.8 cm³/mol. The third kappa shape index (κ3) is 3.55. The Balaban J connectivity index is 2.17. The minimum atomic E-state index is -1.10. The van der Waals surface area contributed by atoms with Crippen molar-refractivity contribution in [3.05, 3.63) is 54.0 Å². The average Bonchev–Trinajstić information content (AvgIpc) is 2.41. The maximum absolute atomic E-state index is 13.8. The second-order valence-corrected chi connectivity index (χ2v) is 3.89. The molecule has 2 rings (SSSR count). The highest BCUT2D eigenvalue weighted by Gasteiger charge is 2.06. The van der Waals surface area contributed by atoms with Crippen molar-refractivity contribution in [2.45, 2.75) is 0 Å². The van der Waals surface area contributed by atoms with Gasteiger partial charge in [-0.2, -0.15) is 0 Å². The second kappa shape index (κ2) is 5.83. The van der Waals surface area contributed by atoms with Crippen LogP contribution in [0.3, 0.4) is 0 Å². The van der Waals surface area contributed by atoms with E-state index in [9.17, 15) is 9.18 Å². The lowest BCUT2D eigenvalue weighted by molar-refractivity contribution is -0.131. The zero-order chi connectivity index (χ0) is 14.5. The summed E-state index contributed by atoms with van der Waals surface area (Å²) in [5, 5.41) is 8.49. The lowest BCUT2D eigenvalue weighted by Gasteiger charge is -2.06. The highest BCUT2D eigenvalue weighted by molar-refractivity contribution is 5.85. The van der Waals surface area contributed by atoms with E-state index in [4.69, 9.17) is 15.6 Å². The van der Waals surface area contributed by atoms with E-state index in [2.05, 4.69) is 4.98 Å². The Labute approximate surface area is 114 Å². The van der Waals surface area contributed by atoms with Gasteiger partial charge in [-0.3, -0.25) is 0 Å². The number of carbonyl (C=O) groups is 1. The molecule has 0 unspecified atom stereocenters. The second-order valence-electron chi connectivity index (χ2n) is 3.89. The van der Waals surface area contributed by atoms with E-state index in [0.717, 1.165) is 6.08 Å². The number of anilines is 1. The number of ether oxygens (including phenoxy) is 1. The summed E-state index contributed by atoms with van der Waals surface area (Å²) in [4.78, 5) is 14.3. The van der Waals surface area contributed by atoms with Crippen LogP contribution in [0.1, 0.15) is 5.56 Å². The maximum Gasteiger partial charge on any atom is 0.328 e. The number of hydrogen-bond acceptors (Lipinski definition) is 4. The van der Waals surface area contributed by atoms with Crippen LogP contribution >= 0.6 is 0 Å². The number of nitrogen functional groups attached to an aromatic ring is 1.